The van der Waals surface area contributed by atoms with Gasteiger partial charge in [0, 0.05) is 6.04 Å². The molecule has 0 fully saturated rings. The molecule has 0 amide bonds. The molecule has 0 heterocycles. The zero-order valence-electron chi connectivity index (χ0n) is 12.2. The van der Waals surface area contributed by atoms with E-state index in [0.717, 1.165) is 6.42 Å². The summed E-state index contributed by atoms with van der Waals surface area (Å²) in [7, 11) is 2.08. The molecule has 0 radical (unpaired) electrons. The van der Waals surface area contributed by atoms with Gasteiger partial charge in [0.2, 0.25) is 0 Å². The number of fused-ring (bicyclic) bond motifs is 1. The van der Waals surface area contributed by atoms with Gasteiger partial charge in [0.15, 0.2) is 0 Å². The number of rotatable bonds is 7. The molecule has 1 N–H and O–H groups in total. The lowest BCUT2D eigenvalue weighted by Gasteiger charge is -2.16. The Morgan fingerprint density at radius 1 is 1.00 bits per heavy atom. The molecule has 1 heteroatoms. The van der Waals surface area contributed by atoms with E-state index in [1.165, 1.54) is 42.0 Å². The average molecular weight is 255 g/mol. The van der Waals surface area contributed by atoms with Crippen molar-refractivity contribution in [1.29, 1.82) is 0 Å². The Balaban J connectivity index is 2.02. The molecule has 2 aromatic carbocycles. The zero-order valence-corrected chi connectivity index (χ0v) is 12.2. The summed E-state index contributed by atoms with van der Waals surface area (Å²) < 4.78 is 0. The van der Waals surface area contributed by atoms with E-state index in [9.17, 15) is 0 Å². The molecule has 0 saturated heterocycles. The number of benzene rings is 2. The fourth-order valence-electron chi connectivity index (χ4n) is 2.64. The van der Waals surface area contributed by atoms with E-state index in [1.807, 2.05) is 0 Å². The van der Waals surface area contributed by atoms with Crippen LogP contribution in [0.2, 0.25) is 0 Å². The minimum atomic E-state index is 0.604. The highest BCUT2D eigenvalue weighted by Crippen LogP contribution is 2.17. The quantitative estimate of drug-likeness (QED) is 0.716. The molecule has 2 rings (SSSR count). The topological polar surface area (TPSA) is 12.0 Å². The molecule has 1 nitrogen and oxygen atoms in total. The van der Waals surface area contributed by atoms with E-state index < -0.39 is 0 Å². The van der Waals surface area contributed by atoms with E-state index in [-0.39, 0.29) is 0 Å². The first-order valence-electron chi connectivity index (χ1n) is 7.48. The van der Waals surface area contributed by atoms with Gasteiger partial charge < -0.3 is 5.32 Å². The summed E-state index contributed by atoms with van der Waals surface area (Å²) in [6.07, 6.45) is 6.38. The third-order valence-electron chi connectivity index (χ3n) is 3.86. The normalized spacial score (nSPS) is 12.7. The molecule has 0 aliphatic heterocycles. The molecule has 0 saturated carbocycles. The molecule has 102 valence electrons. The Bertz CT molecular complexity index is 504. The van der Waals surface area contributed by atoms with E-state index in [2.05, 4.69) is 61.8 Å². The average Bonchev–Trinajstić information content (AvgIpc) is 2.46. The number of nitrogens with one attached hydrogen (secondary N) is 1. The van der Waals surface area contributed by atoms with Crippen molar-refractivity contribution in [2.24, 2.45) is 0 Å². The van der Waals surface area contributed by atoms with E-state index in [4.69, 9.17) is 0 Å². The Morgan fingerprint density at radius 3 is 2.53 bits per heavy atom. The standard InChI is InChI=1S/C18H25N/c1-3-4-5-10-18(19-2)14-15-11-12-16-8-6-7-9-17(16)13-15/h6-9,11-13,18-19H,3-5,10,14H2,1-2H3. The minimum absolute atomic E-state index is 0.604. The predicted molar refractivity (Wildman–Crippen MR) is 84.6 cm³/mol. The summed E-state index contributed by atoms with van der Waals surface area (Å²) in [5, 5.41) is 6.14. The number of hydrogen-bond acceptors (Lipinski definition) is 1. The summed E-state index contributed by atoms with van der Waals surface area (Å²) in [5.74, 6) is 0. The van der Waals surface area contributed by atoms with Gasteiger partial charge in [-0.1, -0.05) is 68.7 Å². The lowest BCUT2D eigenvalue weighted by atomic mass is 9.98. The second-order valence-corrected chi connectivity index (χ2v) is 5.37. The summed E-state index contributed by atoms with van der Waals surface area (Å²) in [5.41, 5.74) is 1.44. The van der Waals surface area contributed by atoms with Crippen LogP contribution in [0.5, 0.6) is 0 Å². The first-order chi connectivity index (χ1) is 9.33. The van der Waals surface area contributed by atoms with Crippen LogP contribution in [0.15, 0.2) is 42.5 Å². The summed E-state index contributed by atoms with van der Waals surface area (Å²) in [6, 6.07) is 16.0. The Kier molecular flexibility index (Phi) is 5.41. The van der Waals surface area contributed by atoms with Gasteiger partial charge in [0.05, 0.1) is 0 Å². The fraction of sp³-hybridized carbons (Fsp3) is 0.444. The third kappa shape index (κ3) is 4.07. The minimum Gasteiger partial charge on any atom is -0.317 e. The monoisotopic (exact) mass is 255 g/mol. The van der Waals surface area contributed by atoms with Gasteiger partial charge in [0.25, 0.3) is 0 Å². The highest BCUT2D eigenvalue weighted by molar-refractivity contribution is 5.82. The molecule has 0 bridgehead atoms. The van der Waals surface area contributed by atoms with E-state index in [0.29, 0.717) is 6.04 Å². The highest BCUT2D eigenvalue weighted by Gasteiger charge is 2.07. The van der Waals surface area contributed by atoms with E-state index >= 15 is 0 Å². The molecule has 1 atom stereocenters. The third-order valence-corrected chi connectivity index (χ3v) is 3.86. The SMILES string of the molecule is CCCCCC(Cc1ccc2ccccc2c1)NC. The van der Waals surface area contributed by atoms with Crippen LogP contribution in [0, 0.1) is 0 Å². The maximum absolute atomic E-state index is 3.46. The first-order valence-corrected chi connectivity index (χ1v) is 7.48. The van der Waals surface area contributed by atoms with Crippen LogP contribution in [0.3, 0.4) is 0 Å². The molecule has 19 heavy (non-hydrogen) atoms. The lowest BCUT2D eigenvalue weighted by molar-refractivity contribution is 0.490. The van der Waals surface area contributed by atoms with Crippen LogP contribution < -0.4 is 5.32 Å². The van der Waals surface area contributed by atoms with Crippen molar-refractivity contribution >= 4 is 10.8 Å². The summed E-state index contributed by atoms with van der Waals surface area (Å²) >= 11 is 0. The molecular formula is C18H25N. The molecular weight excluding hydrogens is 230 g/mol. The van der Waals surface area contributed by atoms with Gasteiger partial charge in [-0.15, -0.1) is 0 Å². The van der Waals surface area contributed by atoms with Crippen molar-refractivity contribution in [3.63, 3.8) is 0 Å². The Hall–Kier alpha value is -1.34. The van der Waals surface area contributed by atoms with Gasteiger partial charge in [-0.25, -0.2) is 0 Å². The van der Waals surface area contributed by atoms with Gasteiger partial charge in [-0.05, 0) is 36.2 Å². The van der Waals surface area contributed by atoms with Gasteiger partial charge in [0.1, 0.15) is 0 Å². The van der Waals surface area contributed by atoms with Crippen molar-refractivity contribution in [3.05, 3.63) is 48.0 Å². The first kappa shape index (κ1) is 14.1. The predicted octanol–water partition coefficient (Wildman–Crippen LogP) is 4.55. The molecule has 0 aliphatic rings. The Morgan fingerprint density at radius 2 is 1.79 bits per heavy atom. The van der Waals surface area contributed by atoms with Crippen molar-refractivity contribution in [2.45, 2.75) is 45.1 Å². The molecule has 2 aromatic rings. The van der Waals surface area contributed by atoms with Crippen LogP contribution in [0.1, 0.15) is 38.2 Å². The van der Waals surface area contributed by atoms with Crippen molar-refractivity contribution in [2.75, 3.05) is 7.05 Å². The lowest BCUT2D eigenvalue weighted by Crippen LogP contribution is -2.27. The largest absolute Gasteiger partial charge is 0.317 e. The Labute approximate surface area is 117 Å². The van der Waals surface area contributed by atoms with Crippen LogP contribution >= 0.6 is 0 Å². The van der Waals surface area contributed by atoms with Crippen molar-refractivity contribution < 1.29 is 0 Å². The second-order valence-electron chi connectivity index (χ2n) is 5.37. The van der Waals surface area contributed by atoms with E-state index in [1.54, 1.807) is 0 Å². The summed E-state index contributed by atoms with van der Waals surface area (Å²) in [6.45, 7) is 2.26. The number of unbranched alkanes of at least 4 members (excludes halogenated alkanes) is 2. The van der Waals surface area contributed by atoms with Gasteiger partial charge >= 0.3 is 0 Å². The molecule has 0 aliphatic carbocycles. The molecule has 0 spiro atoms. The van der Waals surface area contributed by atoms with Crippen molar-refractivity contribution in [3.8, 4) is 0 Å². The molecule has 1 unspecified atom stereocenters. The van der Waals surface area contributed by atoms with Crippen LogP contribution in [0.25, 0.3) is 10.8 Å². The number of likely N-dealkylation sites (N-methyl/N-ethyl adjacent to an activating group) is 1. The van der Waals surface area contributed by atoms with Crippen LogP contribution in [0.4, 0.5) is 0 Å². The zero-order chi connectivity index (χ0) is 13.5. The van der Waals surface area contributed by atoms with Crippen molar-refractivity contribution in [1.82, 2.24) is 5.32 Å². The van der Waals surface area contributed by atoms with Gasteiger partial charge in [-0.3, -0.25) is 0 Å². The smallest absolute Gasteiger partial charge is 0.0104 e. The second kappa shape index (κ2) is 7.30. The highest BCUT2D eigenvalue weighted by atomic mass is 14.9. The molecule has 0 aromatic heterocycles. The maximum Gasteiger partial charge on any atom is 0.0104 e. The number of hydrogen-bond donors (Lipinski definition) is 1. The summed E-state index contributed by atoms with van der Waals surface area (Å²) in [4.78, 5) is 0. The maximum atomic E-state index is 3.46. The fourth-order valence-corrected chi connectivity index (χ4v) is 2.64. The van der Waals surface area contributed by atoms with Gasteiger partial charge in [-0.2, -0.15) is 0 Å². The van der Waals surface area contributed by atoms with Crippen LogP contribution in [-0.4, -0.2) is 13.1 Å². The van der Waals surface area contributed by atoms with Crippen LogP contribution in [-0.2, 0) is 6.42 Å².